The first-order chi connectivity index (χ1) is 12.6. The topological polar surface area (TPSA) is 72.9 Å². The van der Waals surface area contributed by atoms with Gasteiger partial charge in [0.1, 0.15) is 0 Å². The molecule has 3 rings (SSSR count). The molecule has 27 heavy (non-hydrogen) atoms. The molecule has 2 amide bonds. The van der Waals surface area contributed by atoms with Gasteiger partial charge in [0.15, 0.2) is 17.3 Å². The second-order valence-electron chi connectivity index (χ2n) is 5.49. The Labute approximate surface area is 149 Å². The molecule has 0 aliphatic carbocycles. The number of anilines is 1. The van der Waals surface area contributed by atoms with Gasteiger partial charge in [0, 0.05) is 11.3 Å². The molecule has 1 aromatic heterocycles. The summed E-state index contributed by atoms with van der Waals surface area (Å²) in [5, 5.41) is 5.85. The summed E-state index contributed by atoms with van der Waals surface area (Å²) < 4.78 is 66.9. The molecule has 3 N–H and O–H groups in total. The maximum absolute atomic E-state index is 13.5. The Morgan fingerprint density at radius 3 is 2.22 bits per heavy atom. The molecule has 0 bridgehead atoms. The first-order valence-electron chi connectivity index (χ1n) is 7.45. The molecule has 140 valence electrons. The number of carbonyl (C=O) groups is 1. The number of hydrogen-bond acceptors (Lipinski definition) is 2. The summed E-state index contributed by atoms with van der Waals surface area (Å²) in [6.45, 7) is 0. The van der Waals surface area contributed by atoms with E-state index in [1.54, 1.807) is 0 Å². The van der Waals surface area contributed by atoms with Crippen molar-refractivity contribution in [2.45, 2.75) is 6.18 Å². The van der Waals surface area contributed by atoms with Crippen LogP contribution in [0.3, 0.4) is 0 Å². The van der Waals surface area contributed by atoms with Crippen molar-refractivity contribution in [3.8, 4) is 16.9 Å². The van der Waals surface area contributed by atoms with Crippen LogP contribution in [0.25, 0.3) is 16.9 Å². The number of rotatable bonds is 3. The molecule has 2 aromatic carbocycles. The smallest absolute Gasteiger partial charge is 0.351 e. The van der Waals surface area contributed by atoms with Gasteiger partial charge in [0.05, 0.1) is 11.4 Å². The maximum Gasteiger partial charge on any atom is 0.435 e. The van der Waals surface area contributed by atoms with Gasteiger partial charge in [-0.25, -0.2) is 18.3 Å². The van der Waals surface area contributed by atoms with Crippen LogP contribution >= 0.6 is 0 Å². The van der Waals surface area contributed by atoms with Gasteiger partial charge in [0.25, 0.3) is 0 Å². The number of hydrogen-bond donors (Lipinski definition) is 2. The van der Waals surface area contributed by atoms with Crippen molar-refractivity contribution < 1.29 is 26.7 Å². The maximum atomic E-state index is 13.5. The van der Waals surface area contributed by atoms with E-state index in [1.807, 2.05) is 0 Å². The lowest BCUT2D eigenvalue weighted by Crippen LogP contribution is -2.19. The number of aromatic nitrogens is 2. The van der Waals surface area contributed by atoms with Crippen LogP contribution in [0.5, 0.6) is 0 Å². The van der Waals surface area contributed by atoms with E-state index in [0.717, 1.165) is 28.9 Å². The zero-order valence-electron chi connectivity index (χ0n) is 13.4. The number of nitrogens with zero attached hydrogens (tertiary/aromatic N) is 2. The largest absolute Gasteiger partial charge is 0.435 e. The summed E-state index contributed by atoms with van der Waals surface area (Å²) in [6, 6.07) is 8.28. The van der Waals surface area contributed by atoms with E-state index < -0.39 is 29.5 Å². The fraction of sp³-hybridized carbons (Fsp3) is 0.0588. The number of amides is 2. The van der Waals surface area contributed by atoms with Gasteiger partial charge in [-0.05, 0) is 48.5 Å². The van der Waals surface area contributed by atoms with Gasteiger partial charge in [-0.2, -0.15) is 18.3 Å². The van der Waals surface area contributed by atoms with Crippen molar-refractivity contribution in [1.29, 1.82) is 0 Å². The number of urea groups is 1. The number of nitrogens with two attached hydrogens (primary N) is 1. The van der Waals surface area contributed by atoms with E-state index in [9.17, 15) is 26.7 Å². The highest BCUT2D eigenvalue weighted by Crippen LogP contribution is 2.33. The van der Waals surface area contributed by atoms with Crippen LogP contribution in [-0.4, -0.2) is 15.8 Å². The number of alkyl halides is 3. The molecule has 0 atom stereocenters. The number of carbonyl (C=O) groups excluding carboxylic acids is 1. The Bertz CT molecular complexity index is 996. The van der Waals surface area contributed by atoms with Crippen LogP contribution in [0.2, 0.25) is 0 Å². The molecule has 10 heteroatoms. The average molecular weight is 382 g/mol. The van der Waals surface area contributed by atoms with E-state index in [1.165, 1.54) is 24.3 Å². The second-order valence-corrected chi connectivity index (χ2v) is 5.49. The van der Waals surface area contributed by atoms with Crippen LogP contribution < -0.4 is 11.1 Å². The summed E-state index contributed by atoms with van der Waals surface area (Å²) in [5.41, 5.74) is 4.26. The van der Waals surface area contributed by atoms with Crippen molar-refractivity contribution in [2.75, 3.05) is 5.32 Å². The normalized spacial score (nSPS) is 11.4. The Balaban J connectivity index is 2.11. The van der Waals surface area contributed by atoms with E-state index in [2.05, 4.69) is 10.4 Å². The molecule has 0 fully saturated rings. The van der Waals surface area contributed by atoms with Crippen LogP contribution in [0, 0.1) is 11.6 Å². The highest BCUT2D eigenvalue weighted by molar-refractivity contribution is 5.87. The van der Waals surface area contributed by atoms with Crippen molar-refractivity contribution in [3.63, 3.8) is 0 Å². The SMILES string of the molecule is NC(=O)Nc1ccc(-n2nc(C(F)(F)F)cc2-c2ccc(F)c(F)c2)cc1. The molecule has 0 aliphatic heterocycles. The highest BCUT2D eigenvalue weighted by atomic mass is 19.4. The lowest BCUT2D eigenvalue weighted by atomic mass is 10.1. The van der Waals surface area contributed by atoms with E-state index in [0.29, 0.717) is 5.69 Å². The van der Waals surface area contributed by atoms with Gasteiger partial charge < -0.3 is 11.1 Å². The molecule has 0 unspecified atom stereocenters. The minimum absolute atomic E-state index is 0.0104. The summed E-state index contributed by atoms with van der Waals surface area (Å²) in [6.07, 6.45) is -4.73. The third-order valence-corrected chi connectivity index (χ3v) is 3.59. The Morgan fingerprint density at radius 2 is 1.67 bits per heavy atom. The second kappa shape index (κ2) is 6.71. The van der Waals surface area contributed by atoms with E-state index in [4.69, 9.17) is 5.73 Å². The Hall–Kier alpha value is -3.43. The minimum Gasteiger partial charge on any atom is -0.351 e. The van der Waals surface area contributed by atoms with E-state index in [-0.39, 0.29) is 16.9 Å². The van der Waals surface area contributed by atoms with Gasteiger partial charge in [0.2, 0.25) is 0 Å². The quantitative estimate of drug-likeness (QED) is 0.662. The first-order valence-corrected chi connectivity index (χ1v) is 7.45. The zero-order chi connectivity index (χ0) is 19.8. The standard InChI is InChI=1S/C17H11F5N4O/c18-12-6-1-9(7-13(12)19)14-8-15(17(20,21)22)25-26(14)11-4-2-10(3-5-11)24-16(23)27/h1-8H,(H3,23,24,27). The van der Waals surface area contributed by atoms with Crippen molar-refractivity contribution >= 4 is 11.7 Å². The van der Waals surface area contributed by atoms with Crippen molar-refractivity contribution in [3.05, 3.63) is 65.9 Å². The molecule has 0 spiro atoms. The summed E-state index contributed by atoms with van der Waals surface area (Å²) in [5.74, 6) is -2.32. The van der Waals surface area contributed by atoms with Crippen LogP contribution in [-0.2, 0) is 6.18 Å². The number of nitrogens with one attached hydrogen (secondary N) is 1. The first kappa shape index (κ1) is 18.4. The van der Waals surface area contributed by atoms with Crippen LogP contribution in [0.1, 0.15) is 5.69 Å². The summed E-state index contributed by atoms with van der Waals surface area (Å²) in [7, 11) is 0. The minimum atomic E-state index is -4.73. The molecule has 0 saturated carbocycles. The molecular weight excluding hydrogens is 371 g/mol. The van der Waals surface area contributed by atoms with E-state index >= 15 is 0 Å². The van der Waals surface area contributed by atoms with Crippen LogP contribution in [0.4, 0.5) is 32.4 Å². The summed E-state index contributed by atoms with van der Waals surface area (Å²) >= 11 is 0. The van der Waals surface area contributed by atoms with Gasteiger partial charge in [-0.15, -0.1) is 0 Å². The average Bonchev–Trinajstić information content (AvgIpc) is 3.03. The van der Waals surface area contributed by atoms with Crippen LogP contribution in [0.15, 0.2) is 48.5 Å². The lowest BCUT2D eigenvalue weighted by molar-refractivity contribution is -0.141. The molecule has 0 radical (unpaired) electrons. The number of primary amides is 1. The summed E-state index contributed by atoms with van der Waals surface area (Å²) in [4.78, 5) is 10.8. The fourth-order valence-electron chi connectivity index (χ4n) is 2.41. The molecule has 5 nitrogen and oxygen atoms in total. The van der Waals surface area contributed by atoms with Crippen molar-refractivity contribution in [1.82, 2.24) is 9.78 Å². The number of benzene rings is 2. The highest BCUT2D eigenvalue weighted by Gasteiger charge is 2.35. The lowest BCUT2D eigenvalue weighted by Gasteiger charge is -2.09. The monoisotopic (exact) mass is 382 g/mol. The molecular formula is C17H11F5N4O. The van der Waals surface area contributed by atoms with Gasteiger partial charge in [-0.3, -0.25) is 0 Å². The Kier molecular flexibility index (Phi) is 4.56. The number of halogens is 5. The molecule has 3 aromatic rings. The Morgan fingerprint density at radius 1 is 1.00 bits per heavy atom. The third-order valence-electron chi connectivity index (χ3n) is 3.59. The predicted molar refractivity (Wildman–Crippen MR) is 87.1 cm³/mol. The molecule has 0 aliphatic rings. The van der Waals surface area contributed by atoms with Gasteiger partial charge >= 0.3 is 12.2 Å². The third kappa shape index (κ3) is 3.89. The zero-order valence-corrected chi connectivity index (χ0v) is 13.4. The van der Waals surface area contributed by atoms with Crippen molar-refractivity contribution in [2.24, 2.45) is 5.73 Å². The fourth-order valence-corrected chi connectivity index (χ4v) is 2.41. The molecule has 1 heterocycles. The predicted octanol–water partition coefficient (Wildman–Crippen LogP) is 4.33. The van der Waals surface area contributed by atoms with Gasteiger partial charge in [-0.1, -0.05) is 0 Å². The molecule has 0 saturated heterocycles.